The molecule has 1 aliphatic rings. The Kier molecular flexibility index (Phi) is 5.26. The average Bonchev–Trinajstić information content (AvgIpc) is 2.35. The summed E-state index contributed by atoms with van der Waals surface area (Å²) in [6.45, 7) is 9.35. The number of hydrogen-bond donors (Lipinski definition) is 1. The maximum Gasteiger partial charge on any atom is 0.00746 e. The fourth-order valence-corrected chi connectivity index (χ4v) is 3.58. The third-order valence-electron chi connectivity index (χ3n) is 4.67. The van der Waals surface area contributed by atoms with Gasteiger partial charge in [0.2, 0.25) is 0 Å². The first kappa shape index (κ1) is 15.6. The largest absolute Gasteiger partial charge is 0.311 e. The summed E-state index contributed by atoms with van der Waals surface area (Å²) in [4.78, 5) is 0. The summed E-state index contributed by atoms with van der Waals surface area (Å²) in [5.41, 5.74) is 3.38. The molecule has 2 rings (SSSR count). The Morgan fingerprint density at radius 1 is 1.35 bits per heavy atom. The first-order valence-electron chi connectivity index (χ1n) is 8.26. The van der Waals surface area contributed by atoms with Crippen molar-refractivity contribution in [2.45, 2.75) is 78.3 Å². The molecule has 0 heterocycles. The van der Waals surface area contributed by atoms with Crippen LogP contribution in [0.3, 0.4) is 0 Å². The van der Waals surface area contributed by atoms with Crippen LogP contribution in [0.1, 0.15) is 64.0 Å². The monoisotopic (exact) mass is 273 g/mol. The Morgan fingerprint density at radius 3 is 2.85 bits per heavy atom. The van der Waals surface area contributed by atoms with E-state index < -0.39 is 0 Å². The molecule has 1 aromatic rings. The molecule has 0 saturated heterocycles. The molecule has 1 nitrogen and oxygen atoms in total. The topological polar surface area (TPSA) is 12.0 Å². The fourth-order valence-electron chi connectivity index (χ4n) is 3.58. The van der Waals surface area contributed by atoms with Crippen molar-refractivity contribution in [3.8, 4) is 0 Å². The van der Waals surface area contributed by atoms with Crippen LogP contribution in [-0.4, -0.2) is 12.1 Å². The lowest BCUT2D eigenvalue weighted by Crippen LogP contribution is -2.42. The SMILES string of the molecule is Cc1cccc(CCC(C)NC2CCCC(C)(C)C2)c1. The molecular weight excluding hydrogens is 242 g/mol. The molecule has 1 aliphatic carbocycles. The summed E-state index contributed by atoms with van der Waals surface area (Å²) in [6.07, 6.45) is 7.89. The highest BCUT2D eigenvalue weighted by molar-refractivity contribution is 5.22. The highest BCUT2D eigenvalue weighted by Crippen LogP contribution is 2.35. The number of nitrogens with one attached hydrogen (secondary N) is 1. The van der Waals surface area contributed by atoms with Crippen molar-refractivity contribution in [2.24, 2.45) is 5.41 Å². The molecule has 0 spiro atoms. The molecule has 0 amide bonds. The summed E-state index contributed by atoms with van der Waals surface area (Å²) in [5.74, 6) is 0. The second-order valence-corrected chi connectivity index (χ2v) is 7.55. The van der Waals surface area contributed by atoms with Crippen LogP contribution < -0.4 is 5.32 Å². The number of benzene rings is 1. The highest BCUT2D eigenvalue weighted by atomic mass is 14.9. The molecule has 2 atom stereocenters. The Morgan fingerprint density at radius 2 is 2.15 bits per heavy atom. The van der Waals surface area contributed by atoms with Gasteiger partial charge in [0.05, 0.1) is 0 Å². The molecule has 0 radical (unpaired) electrons. The first-order chi connectivity index (χ1) is 9.44. The Labute approximate surface area is 125 Å². The van der Waals surface area contributed by atoms with Crippen molar-refractivity contribution < 1.29 is 0 Å². The fraction of sp³-hybridized carbons (Fsp3) is 0.684. The van der Waals surface area contributed by atoms with Gasteiger partial charge in [0.15, 0.2) is 0 Å². The predicted octanol–water partition coefficient (Wildman–Crippen LogP) is 4.87. The lowest BCUT2D eigenvalue weighted by atomic mass is 9.75. The van der Waals surface area contributed by atoms with E-state index in [1.807, 2.05) is 0 Å². The van der Waals surface area contributed by atoms with Crippen LogP contribution in [0.25, 0.3) is 0 Å². The van der Waals surface area contributed by atoms with Gasteiger partial charge in [-0.2, -0.15) is 0 Å². The van der Waals surface area contributed by atoms with Crippen LogP contribution >= 0.6 is 0 Å². The van der Waals surface area contributed by atoms with E-state index >= 15 is 0 Å². The first-order valence-corrected chi connectivity index (χ1v) is 8.26. The third kappa shape index (κ3) is 4.94. The Balaban J connectivity index is 1.76. The van der Waals surface area contributed by atoms with E-state index in [0.29, 0.717) is 11.5 Å². The lowest BCUT2D eigenvalue weighted by Gasteiger charge is -2.37. The zero-order chi connectivity index (χ0) is 14.6. The van der Waals surface area contributed by atoms with Crippen LogP contribution in [-0.2, 0) is 6.42 Å². The van der Waals surface area contributed by atoms with Crippen molar-refractivity contribution in [2.75, 3.05) is 0 Å². The predicted molar refractivity (Wildman–Crippen MR) is 88.1 cm³/mol. The lowest BCUT2D eigenvalue weighted by molar-refractivity contribution is 0.189. The molecule has 2 unspecified atom stereocenters. The molecule has 1 heteroatoms. The van der Waals surface area contributed by atoms with Gasteiger partial charge >= 0.3 is 0 Å². The number of hydrogen-bond acceptors (Lipinski definition) is 1. The van der Waals surface area contributed by atoms with E-state index in [9.17, 15) is 0 Å². The van der Waals surface area contributed by atoms with E-state index in [4.69, 9.17) is 0 Å². The van der Waals surface area contributed by atoms with Crippen molar-refractivity contribution in [1.29, 1.82) is 0 Å². The van der Waals surface area contributed by atoms with Gasteiger partial charge < -0.3 is 5.32 Å². The smallest absolute Gasteiger partial charge is 0.00746 e. The van der Waals surface area contributed by atoms with Crippen LogP contribution in [0.15, 0.2) is 24.3 Å². The van der Waals surface area contributed by atoms with E-state index in [2.05, 4.69) is 57.3 Å². The minimum absolute atomic E-state index is 0.534. The molecule has 20 heavy (non-hydrogen) atoms. The minimum Gasteiger partial charge on any atom is -0.311 e. The quantitative estimate of drug-likeness (QED) is 0.806. The van der Waals surface area contributed by atoms with Gasteiger partial charge in [-0.1, -0.05) is 50.1 Å². The van der Waals surface area contributed by atoms with Gasteiger partial charge in [0.25, 0.3) is 0 Å². The Bertz CT molecular complexity index is 422. The summed E-state index contributed by atoms with van der Waals surface area (Å²) >= 11 is 0. The minimum atomic E-state index is 0.534. The van der Waals surface area contributed by atoms with Gasteiger partial charge in [-0.05, 0) is 56.9 Å². The normalized spacial score (nSPS) is 23.5. The second kappa shape index (κ2) is 6.76. The summed E-state index contributed by atoms with van der Waals surface area (Å²) in [7, 11) is 0. The van der Waals surface area contributed by atoms with Crippen molar-refractivity contribution in [3.05, 3.63) is 35.4 Å². The molecule has 112 valence electrons. The second-order valence-electron chi connectivity index (χ2n) is 7.55. The Hall–Kier alpha value is -0.820. The van der Waals surface area contributed by atoms with Crippen LogP contribution in [0.5, 0.6) is 0 Å². The van der Waals surface area contributed by atoms with E-state index in [1.54, 1.807) is 0 Å². The number of aryl methyl sites for hydroxylation is 2. The molecule has 0 aromatic heterocycles. The molecular formula is C19H31N. The summed E-state index contributed by atoms with van der Waals surface area (Å²) in [5, 5.41) is 3.86. The van der Waals surface area contributed by atoms with Crippen LogP contribution in [0.2, 0.25) is 0 Å². The van der Waals surface area contributed by atoms with Crippen molar-refractivity contribution in [3.63, 3.8) is 0 Å². The van der Waals surface area contributed by atoms with Crippen molar-refractivity contribution >= 4 is 0 Å². The zero-order valence-corrected chi connectivity index (χ0v) is 13.7. The van der Waals surface area contributed by atoms with E-state index in [-0.39, 0.29) is 0 Å². The van der Waals surface area contributed by atoms with Gasteiger partial charge in [-0.25, -0.2) is 0 Å². The van der Waals surface area contributed by atoms with E-state index in [1.165, 1.54) is 49.7 Å². The molecule has 1 N–H and O–H groups in total. The third-order valence-corrected chi connectivity index (χ3v) is 4.67. The summed E-state index contributed by atoms with van der Waals surface area (Å²) < 4.78 is 0. The highest BCUT2D eigenvalue weighted by Gasteiger charge is 2.28. The van der Waals surface area contributed by atoms with E-state index in [0.717, 1.165) is 6.04 Å². The van der Waals surface area contributed by atoms with Crippen molar-refractivity contribution in [1.82, 2.24) is 5.32 Å². The molecule has 1 saturated carbocycles. The van der Waals surface area contributed by atoms with Gasteiger partial charge in [-0.3, -0.25) is 0 Å². The standard InChI is InChI=1S/C19H31N/c1-15-7-5-8-17(13-15)11-10-16(2)20-18-9-6-12-19(3,4)14-18/h5,7-8,13,16,18,20H,6,9-12,14H2,1-4H3. The maximum absolute atomic E-state index is 3.86. The zero-order valence-electron chi connectivity index (χ0n) is 13.7. The molecule has 1 aromatic carbocycles. The maximum atomic E-state index is 3.86. The van der Waals surface area contributed by atoms with Gasteiger partial charge in [0, 0.05) is 12.1 Å². The molecule has 0 aliphatic heterocycles. The summed E-state index contributed by atoms with van der Waals surface area (Å²) in [6, 6.07) is 10.3. The van der Waals surface area contributed by atoms with Crippen LogP contribution in [0, 0.1) is 12.3 Å². The molecule has 0 bridgehead atoms. The van der Waals surface area contributed by atoms with Gasteiger partial charge in [0.1, 0.15) is 0 Å². The van der Waals surface area contributed by atoms with Crippen LogP contribution in [0.4, 0.5) is 0 Å². The number of rotatable bonds is 5. The average molecular weight is 273 g/mol. The molecule has 1 fully saturated rings. The van der Waals surface area contributed by atoms with Gasteiger partial charge in [-0.15, -0.1) is 0 Å².